The lowest BCUT2D eigenvalue weighted by Gasteiger charge is -2.15. The molecule has 0 fully saturated rings. The number of fused-ring (bicyclic) bond motifs is 1. The summed E-state index contributed by atoms with van der Waals surface area (Å²) in [6, 6.07) is 8.40. The van der Waals surface area contributed by atoms with Gasteiger partial charge in [0.15, 0.2) is 0 Å². The van der Waals surface area contributed by atoms with Gasteiger partial charge in [0.1, 0.15) is 0 Å². The Labute approximate surface area is 107 Å². The average Bonchev–Trinajstić information content (AvgIpc) is 2.86. The summed E-state index contributed by atoms with van der Waals surface area (Å²) in [4.78, 5) is 3.27. The standard InChI is InChI=1S/C14H20N2O2/c1-17-10-13(18-2)9-15-8-12-5-3-4-11-6-7-16-14(11)12/h3-7,13,15-16H,8-10H2,1-2H3. The van der Waals surface area contributed by atoms with E-state index in [0.29, 0.717) is 6.61 Å². The molecule has 18 heavy (non-hydrogen) atoms. The van der Waals surface area contributed by atoms with Gasteiger partial charge in [-0.05, 0) is 17.0 Å². The Morgan fingerprint density at radius 3 is 2.94 bits per heavy atom. The molecule has 2 rings (SSSR count). The summed E-state index contributed by atoms with van der Waals surface area (Å²) >= 11 is 0. The molecule has 1 heterocycles. The smallest absolute Gasteiger partial charge is 0.0928 e. The fourth-order valence-electron chi connectivity index (χ4n) is 2.06. The molecule has 0 spiro atoms. The molecule has 0 radical (unpaired) electrons. The Balaban J connectivity index is 1.92. The molecule has 1 aromatic heterocycles. The molecule has 0 amide bonds. The highest BCUT2D eigenvalue weighted by Crippen LogP contribution is 2.16. The zero-order chi connectivity index (χ0) is 12.8. The summed E-state index contributed by atoms with van der Waals surface area (Å²) in [6.45, 7) is 2.21. The van der Waals surface area contributed by atoms with Crippen LogP contribution in [-0.4, -0.2) is 38.5 Å². The van der Waals surface area contributed by atoms with Crippen molar-refractivity contribution in [2.45, 2.75) is 12.6 Å². The van der Waals surface area contributed by atoms with Gasteiger partial charge in [-0.15, -0.1) is 0 Å². The van der Waals surface area contributed by atoms with Gasteiger partial charge in [-0.25, -0.2) is 0 Å². The molecule has 0 aliphatic heterocycles. The monoisotopic (exact) mass is 248 g/mol. The van der Waals surface area contributed by atoms with Crippen LogP contribution >= 0.6 is 0 Å². The number of H-pyrrole nitrogens is 1. The number of aromatic amines is 1. The van der Waals surface area contributed by atoms with Gasteiger partial charge >= 0.3 is 0 Å². The molecular formula is C14H20N2O2. The number of hydrogen-bond donors (Lipinski definition) is 2. The SMILES string of the molecule is COCC(CNCc1cccc2cc[nH]c12)OC. The van der Waals surface area contributed by atoms with Gasteiger partial charge in [-0.2, -0.15) is 0 Å². The summed E-state index contributed by atoms with van der Waals surface area (Å²) in [6.07, 6.45) is 2.06. The van der Waals surface area contributed by atoms with Crippen molar-refractivity contribution in [2.24, 2.45) is 0 Å². The molecular weight excluding hydrogens is 228 g/mol. The quantitative estimate of drug-likeness (QED) is 0.787. The third kappa shape index (κ3) is 3.10. The highest BCUT2D eigenvalue weighted by Gasteiger charge is 2.07. The van der Waals surface area contributed by atoms with Crippen molar-refractivity contribution in [2.75, 3.05) is 27.4 Å². The van der Waals surface area contributed by atoms with Crippen molar-refractivity contribution in [3.8, 4) is 0 Å². The predicted octanol–water partition coefficient (Wildman–Crippen LogP) is 1.92. The zero-order valence-electron chi connectivity index (χ0n) is 10.9. The molecule has 0 aliphatic carbocycles. The molecule has 1 aromatic carbocycles. The van der Waals surface area contributed by atoms with Gasteiger partial charge in [-0.3, -0.25) is 0 Å². The van der Waals surface area contributed by atoms with Crippen LogP contribution in [0.25, 0.3) is 10.9 Å². The molecule has 0 saturated carbocycles. The van der Waals surface area contributed by atoms with Gasteiger partial charge < -0.3 is 19.8 Å². The number of benzene rings is 1. The van der Waals surface area contributed by atoms with Crippen molar-refractivity contribution in [3.05, 3.63) is 36.0 Å². The van der Waals surface area contributed by atoms with Crippen LogP contribution in [0.4, 0.5) is 0 Å². The Kier molecular flexibility index (Phi) is 4.75. The van der Waals surface area contributed by atoms with Crippen LogP contribution in [0.2, 0.25) is 0 Å². The second kappa shape index (κ2) is 6.54. The van der Waals surface area contributed by atoms with E-state index in [4.69, 9.17) is 9.47 Å². The van der Waals surface area contributed by atoms with E-state index in [1.807, 2.05) is 6.20 Å². The molecule has 98 valence electrons. The second-order valence-electron chi connectivity index (χ2n) is 4.30. The third-order valence-electron chi connectivity index (χ3n) is 3.05. The van der Waals surface area contributed by atoms with Crippen LogP contribution in [0, 0.1) is 0 Å². The minimum Gasteiger partial charge on any atom is -0.382 e. The van der Waals surface area contributed by atoms with E-state index in [0.717, 1.165) is 13.1 Å². The summed E-state index contributed by atoms with van der Waals surface area (Å²) in [5.41, 5.74) is 2.47. The van der Waals surface area contributed by atoms with Crippen LogP contribution < -0.4 is 5.32 Å². The number of rotatable bonds is 7. The first-order valence-electron chi connectivity index (χ1n) is 6.12. The lowest BCUT2D eigenvalue weighted by Crippen LogP contribution is -2.31. The van der Waals surface area contributed by atoms with Gasteiger partial charge in [0.25, 0.3) is 0 Å². The Morgan fingerprint density at radius 2 is 2.17 bits per heavy atom. The fraction of sp³-hybridized carbons (Fsp3) is 0.429. The summed E-state index contributed by atoms with van der Waals surface area (Å²) in [5, 5.41) is 4.64. The average molecular weight is 248 g/mol. The first-order chi connectivity index (χ1) is 8.85. The lowest BCUT2D eigenvalue weighted by atomic mass is 10.1. The van der Waals surface area contributed by atoms with E-state index < -0.39 is 0 Å². The molecule has 1 atom stereocenters. The minimum atomic E-state index is 0.0952. The first-order valence-corrected chi connectivity index (χ1v) is 6.12. The summed E-state index contributed by atoms with van der Waals surface area (Å²) < 4.78 is 10.4. The molecule has 0 bridgehead atoms. The number of para-hydroxylation sites is 1. The van der Waals surface area contributed by atoms with Gasteiger partial charge in [0.05, 0.1) is 12.7 Å². The van der Waals surface area contributed by atoms with Crippen LogP contribution in [-0.2, 0) is 16.0 Å². The maximum Gasteiger partial charge on any atom is 0.0928 e. The third-order valence-corrected chi connectivity index (χ3v) is 3.05. The Morgan fingerprint density at radius 1 is 1.28 bits per heavy atom. The largest absolute Gasteiger partial charge is 0.382 e. The number of aromatic nitrogens is 1. The second-order valence-corrected chi connectivity index (χ2v) is 4.30. The number of ether oxygens (including phenoxy) is 2. The van der Waals surface area contributed by atoms with Gasteiger partial charge in [0, 0.05) is 39.0 Å². The predicted molar refractivity (Wildman–Crippen MR) is 72.7 cm³/mol. The van der Waals surface area contributed by atoms with Crippen LogP contribution in [0.15, 0.2) is 30.5 Å². The normalized spacial score (nSPS) is 13.0. The fourth-order valence-corrected chi connectivity index (χ4v) is 2.06. The minimum absolute atomic E-state index is 0.0952. The van der Waals surface area contributed by atoms with E-state index >= 15 is 0 Å². The van der Waals surface area contributed by atoms with Gasteiger partial charge in [0.2, 0.25) is 0 Å². The molecule has 0 aliphatic rings. The van der Waals surface area contributed by atoms with E-state index in [9.17, 15) is 0 Å². The molecule has 4 nitrogen and oxygen atoms in total. The van der Waals surface area contributed by atoms with E-state index in [1.165, 1.54) is 16.5 Å². The number of hydrogen-bond acceptors (Lipinski definition) is 3. The van der Waals surface area contributed by atoms with Crippen LogP contribution in [0.3, 0.4) is 0 Å². The Hall–Kier alpha value is -1.36. The topological polar surface area (TPSA) is 46.3 Å². The molecule has 2 aromatic rings. The van der Waals surface area contributed by atoms with Crippen LogP contribution in [0.1, 0.15) is 5.56 Å². The number of nitrogens with one attached hydrogen (secondary N) is 2. The highest BCUT2D eigenvalue weighted by atomic mass is 16.5. The van der Waals surface area contributed by atoms with Crippen molar-refractivity contribution in [1.82, 2.24) is 10.3 Å². The van der Waals surface area contributed by atoms with Crippen molar-refractivity contribution in [1.29, 1.82) is 0 Å². The van der Waals surface area contributed by atoms with Crippen molar-refractivity contribution in [3.63, 3.8) is 0 Å². The van der Waals surface area contributed by atoms with Gasteiger partial charge in [-0.1, -0.05) is 18.2 Å². The Bertz CT molecular complexity index is 481. The lowest BCUT2D eigenvalue weighted by molar-refractivity contribution is 0.0288. The summed E-state index contributed by atoms with van der Waals surface area (Å²) in [5.74, 6) is 0. The molecule has 2 N–H and O–H groups in total. The first kappa shape index (κ1) is 13.1. The maximum absolute atomic E-state index is 5.31. The number of methoxy groups -OCH3 is 2. The van der Waals surface area contributed by atoms with E-state index in [2.05, 4.69) is 34.6 Å². The van der Waals surface area contributed by atoms with Crippen molar-refractivity contribution >= 4 is 10.9 Å². The summed E-state index contributed by atoms with van der Waals surface area (Å²) in [7, 11) is 3.39. The molecule has 1 unspecified atom stereocenters. The van der Waals surface area contributed by atoms with E-state index in [-0.39, 0.29) is 6.10 Å². The maximum atomic E-state index is 5.31. The van der Waals surface area contributed by atoms with Crippen LogP contribution in [0.5, 0.6) is 0 Å². The van der Waals surface area contributed by atoms with Crippen molar-refractivity contribution < 1.29 is 9.47 Å². The van der Waals surface area contributed by atoms with E-state index in [1.54, 1.807) is 14.2 Å². The highest BCUT2D eigenvalue weighted by molar-refractivity contribution is 5.82. The molecule has 4 heteroatoms. The molecule has 0 saturated heterocycles. The zero-order valence-corrected chi connectivity index (χ0v) is 10.9.